The summed E-state index contributed by atoms with van der Waals surface area (Å²) in [6.45, 7) is 0.932. The fourth-order valence-electron chi connectivity index (χ4n) is 3.98. The predicted octanol–water partition coefficient (Wildman–Crippen LogP) is 2.65. The van der Waals surface area contributed by atoms with E-state index in [1.807, 2.05) is 4.90 Å². The van der Waals surface area contributed by atoms with E-state index in [1.54, 1.807) is 19.4 Å². The quantitative estimate of drug-likeness (QED) is 0.645. The summed E-state index contributed by atoms with van der Waals surface area (Å²) in [5, 5.41) is 16.4. The van der Waals surface area contributed by atoms with E-state index in [2.05, 4.69) is 10.4 Å². The van der Waals surface area contributed by atoms with Gasteiger partial charge in [0, 0.05) is 55.6 Å². The molecular weight excluding hydrogens is 413 g/mol. The largest absolute Gasteiger partial charge is 0.465 e. The lowest BCUT2D eigenvalue weighted by Crippen LogP contribution is -2.40. The third-order valence-electron chi connectivity index (χ3n) is 5.45. The van der Waals surface area contributed by atoms with Crippen LogP contribution in [0.4, 0.5) is 15.0 Å². The molecule has 1 atom stereocenters. The fraction of sp³-hybridized carbons (Fsp3) is 0.350. The second kappa shape index (κ2) is 7.98. The number of carboxylic acid groups (broad SMARTS) is 1. The zero-order valence-electron chi connectivity index (χ0n) is 16.3. The van der Waals surface area contributed by atoms with Crippen molar-refractivity contribution in [2.45, 2.75) is 25.3 Å². The van der Waals surface area contributed by atoms with Crippen LogP contribution in [-0.2, 0) is 13.5 Å². The third-order valence-corrected chi connectivity index (χ3v) is 5.82. The van der Waals surface area contributed by atoms with Gasteiger partial charge in [-0.3, -0.25) is 4.79 Å². The van der Waals surface area contributed by atoms with Crippen LogP contribution >= 0.6 is 11.6 Å². The topological polar surface area (TPSA) is 91.9 Å². The van der Waals surface area contributed by atoms with Gasteiger partial charge in [0.25, 0.3) is 5.56 Å². The van der Waals surface area contributed by atoms with Crippen molar-refractivity contribution in [3.8, 4) is 0 Å². The average Bonchev–Trinajstić information content (AvgIpc) is 3.30. The summed E-state index contributed by atoms with van der Waals surface area (Å²) in [5.74, 6) is 0.179. The Kier molecular flexibility index (Phi) is 5.38. The Bertz CT molecular complexity index is 1180. The van der Waals surface area contributed by atoms with E-state index in [1.165, 1.54) is 27.3 Å². The minimum Gasteiger partial charge on any atom is -0.465 e. The molecule has 2 aromatic heterocycles. The number of aryl methyl sites for hydroxylation is 1. The minimum atomic E-state index is -1.09. The maximum absolute atomic E-state index is 13.9. The van der Waals surface area contributed by atoms with Crippen molar-refractivity contribution in [1.82, 2.24) is 19.5 Å². The number of carbonyl (C=O) groups is 1. The van der Waals surface area contributed by atoms with Crippen molar-refractivity contribution in [3.63, 3.8) is 0 Å². The highest BCUT2D eigenvalue weighted by Crippen LogP contribution is 2.32. The highest BCUT2D eigenvalue weighted by atomic mass is 35.5. The van der Waals surface area contributed by atoms with Gasteiger partial charge in [0.1, 0.15) is 11.3 Å². The Balaban J connectivity index is 1.84. The zero-order chi connectivity index (χ0) is 21.4. The van der Waals surface area contributed by atoms with Crippen LogP contribution in [0.2, 0.25) is 5.02 Å². The van der Waals surface area contributed by atoms with Crippen molar-refractivity contribution in [3.05, 3.63) is 62.9 Å². The maximum atomic E-state index is 13.9. The summed E-state index contributed by atoms with van der Waals surface area (Å²) in [7, 11) is 1.66. The van der Waals surface area contributed by atoms with Gasteiger partial charge in [-0.1, -0.05) is 11.6 Å². The van der Waals surface area contributed by atoms with E-state index >= 15 is 0 Å². The van der Waals surface area contributed by atoms with E-state index < -0.39 is 11.9 Å². The van der Waals surface area contributed by atoms with E-state index in [0.717, 1.165) is 12.8 Å². The predicted molar refractivity (Wildman–Crippen MR) is 111 cm³/mol. The molecule has 1 saturated heterocycles. The van der Waals surface area contributed by atoms with E-state index in [-0.39, 0.29) is 24.6 Å². The standard InChI is InChI=1S/C20H21ClFN5O3/c1-25-7-8-27-17(19(25)28)15(10-12-9-13(22)4-5-16(12)21)18(24-27)26-6-2-3-14(26)11-23-20(29)30/h4-5,7-9,14,23H,2-3,6,10-11H2,1H3,(H,29,30). The zero-order valence-corrected chi connectivity index (χ0v) is 17.1. The molecule has 1 aliphatic heterocycles. The van der Waals surface area contributed by atoms with Gasteiger partial charge >= 0.3 is 6.09 Å². The van der Waals surface area contributed by atoms with Gasteiger partial charge in [0.05, 0.1) is 0 Å². The van der Waals surface area contributed by atoms with Gasteiger partial charge in [-0.2, -0.15) is 0 Å². The minimum absolute atomic E-state index is 0.0865. The molecule has 0 aliphatic carbocycles. The highest BCUT2D eigenvalue weighted by molar-refractivity contribution is 6.31. The number of aromatic nitrogens is 3. The number of benzene rings is 1. The Morgan fingerprint density at radius 1 is 1.40 bits per heavy atom. The molecule has 1 aromatic carbocycles. The first-order valence-electron chi connectivity index (χ1n) is 9.59. The number of halogens is 2. The van der Waals surface area contributed by atoms with Crippen LogP contribution in [0.3, 0.4) is 0 Å². The monoisotopic (exact) mass is 433 g/mol. The number of fused-ring (bicyclic) bond motifs is 1. The Morgan fingerprint density at radius 2 is 2.20 bits per heavy atom. The summed E-state index contributed by atoms with van der Waals surface area (Å²) in [6.07, 6.45) is 4.13. The first-order chi connectivity index (χ1) is 14.3. The lowest BCUT2D eigenvalue weighted by Gasteiger charge is -2.25. The van der Waals surface area contributed by atoms with Crippen LogP contribution in [0, 0.1) is 5.82 Å². The summed E-state index contributed by atoms with van der Waals surface area (Å²) in [6, 6.07) is 4.05. The molecule has 10 heteroatoms. The van der Waals surface area contributed by atoms with E-state index in [9.17, 15) is 14.0 Å². The first-order valence-corrected chi connectivity index (χ1v) is 9.97. The smallest absolute Gasteiger partial charge is 0.404 e. The third kappa shape index (κ3) is 3.72. The molecule has 0 spiro atoms. The molecule has 1 aliphatic rings. The highest BCUT2D eigenvalue weighted by Gasteiger charge is 2.31. The number of rotatable bonds is 5. The summed E-state index contributed by atoms with van der Waals surface area (Å²) in [5.41, 5.74) is 1.37. The number of nitrogens with one attached hydrogen (secondary N) is 1. The van der Waals surface area contributed by atoms with Crippen molar-refractivity contribution in [2.24, 2.45) is 7.05 Å². The lowest BCUT2D eigenvalue weighted by atomic mass is 10.0. The SMILES string of the molecule is Cn1ccn2nc(N3CCCC3CNC(=O)O)c(Cc3cc(F)ccc3Cl)c2c1=O. The fourth-order valence-corrected chi connectivity index (χ4v) is 4.17. The summed E-state index contributed by atoms with van der Waals surface area (Å²) in [4.78, 5) is 25.9. The molecule has 0 saturated carbocycles. The number of amides is 1. The van der Waals surface area contributed by atoms with Crippen LogP contribution < -0.4 is 15.8 Å². The molecule has 0 bridgehead atoms. The normalized spacial score (nSPS) is 16.4. The molecular formula is C20H21ClFN5O3. The number of nitrogens with zero attached hydrogens (tertiary/aromatic N) is 4. The molecule has 3 aromatic rings. The van der Waals surface area contributed by atoms with Crippen molar-refractivity contribution in [2.75, 3.05) is 18.0 Å². The molecule has 0 radical (unpaired) electrons. The van der Waals surface area contributed by atoms with Crippen LogP contribution in [0.25, 0.3) is 5.52 Å². The molecule has 8 nitrogen and oxygen atoms in total. The second-order valence-electron chi connectivity index (χ2n) is 7.40. The second-order valence-corrected chi connectivity index (χ2v) is 7.80. The molecule has 2 N–H and O–H groups in total. The molecule has 1 amide bonds. The van der Waals surface area contributed by atoms with Crippen molar-refractivity contribution < 1.29 is 14.3 Å². The molecule has 30 heavy (non-hydrogen) atoms. The van der Waals surface area contributed by atoms with Gasteiger partial charge in [0.2, 0.25) is 0 Å². The number of hydrogen-bond acceptors (Lipinski definition) is 4. The van der Waals surface area contributed by atoms with Crippen LogP contribution in [0.15, 0.2) is 35.4 Å². The number of hydrogen-bond donors (Lipinski definition) is 2. The van der Waals surface area contributed by atoms with Gasteiger partial charge in [-0.25, -0.2) is 13.7 Å². The Labute approximate surface area is 176 Å². The molecule has 1 unspecified atom stereocenters. The van der Waals surface area contributed by atoms with Gasteiger partial charge in [-0.15, -0.1) is 5.10 Å². The van der Waals surface area contributed by atoms with Crippen LogP contribution in [0.5, 0.6) is 0 Å². The van der Waals surface area contributed by atoms with Crippen molar-refractivity contribution >= 4 is 29.0 Å². The Morgan fingerprint density at radius 3 is 2.97 bits per heavy atom. The summed E-state index contributed by atoms with van der Waals surface area (Å²) < 4.78 is 16.8. The first kappa shape index (κ1) is 20.2. The molecule has 158 valence electrons. The Hall–Kier alpha value is -3.07. The van der Waals surface area contributed by atoms with Gasteiger partial charge < -0.3 is 19.9 Å². The van der Waals surface area contributed by atoms with Gasteiger partial charge in [-0.05, 0) is 36.6 Å². The van der Waals surface area contributed by atoms with Gasteiger partial charge in [0.15, 0.2) is 5.82 Å². The van der Waals surface area contributed by atoms with Crippen LogP contribution in [-0.4, -0.2) is 44.5 Å². The van der Waals surface area contributed by atoms with Crippen molar-refractivity contribution in [1.29, 1.82) is 0 Å². The molecule has 1 fully saturated rings. The summed E-state index contributed by atoms with van der Waals surface area (Å²) >= 11 is 6.29. The lowest BCUT2D eigenvalue weighted by molar-refractivity contribution is 0.193. The van der Waals surface area contributed by atoms with E-state index in [4.69, 9.17) is 16.7 Å². The van der Waals surface area contributed by atoms with E-state index in [0.29, 0.717) is 34.0 Å². The molecule has 3 heterocycles. The molecule has 4 rings (SSSR count). The maximum Gasteiger partial charge on any atom is 0.404 e. The number of anilines is 1. The average molecular weight is 434 g/mol. The van der Waals surface area contributed by atoms with Crippen LogP contribution in [0.1, 0.15) is 24.0 Å².